The molecule has 1 N–H and O–H groups in total. The third-order valence-corrected chi connectivity index (χ3v) is 3.82. The van der Waals surface area contributed by atoms with Crippen LogP contribution in [0.5, 0.6) is 0 Å². The minimum absolute atomic E-state index is 0.148. The first-order chi connectivity index (χ1) is 12.0. The minimum atomic E-state index is -0.792. The third kappa shape index (κ3) is 3.40. The lowest BCUT2D eigenvalue weighted by Gasteiger charge is -2.13. The quantitative estimate of drug-likeness (QED) is 0.447. The molecule has 0 spiro atoms. The number of carbonyl (C=O) groups is 1. The van der Waals surface area contributed by atoms with Gasteiger partial charge in [-0.2, -0.15) is 0 Å². The summed E-state index contributed by atoms with van der Waals surface area (Å²) in [6.45, 7) is 1.79. The molecule has 1 amide bonds. The highest BCUT2D eigenvalue weighted by Gasteiger charge is 2.18. The highest BCUT2D eigenvalue weighted by atomic mass is 16.6. The number of carbonyl (C=O) groups excluding carboxylic acids is 1. The van der Waals surface area contributed by atoms with Gasteiger partial charge in [0.15, 0.2) is 0 Å². The molecule has 25 heavy (non-hydrogen) atoms. The lowest BCUT2D eigenvalue weighted by Crippen LogP contribution is -2.30. The van der Waals surface area contributed by atoms with Gasteiger partial charge in [0.05, 0.1) is 11.0 Å². The Kier molecular flexibility index (Phi) is 4.30. The summed E-state index contributed by atoms with van der Waals surface area (Å²) < 4.78 is 5.10. The second-order valence-electron chi connectivity index (χ2n) is 5.53. The van der Waals surface area contributed by atoms with Crippen molar-refractivity contribution in [3.63, 3.8) is 0 Å². The van der Waals surface area contributed by atoms with Crippen molar-refractivity contribution in [2.75, 3.05) is 0 Å². The molecule has 3 rings (SSSR count). The summed E-state index contributed by atoms with van der Waals surface area (Å²) >= 11 is 0. The number of rotatable bonds is 4. The van der Waals surface area contributed by atoms with Crippen LogP contribution >= 0.6 is 0 Å². The Morgan fingerprint density at radius 1 is 1.16 bits per heavy atom. The molecule has 0 bridgehead atoms. The molecule has 1 aromatic heterocycles. The standard InChI is InChI=1S/C18H14N2O5/c1-11(12-5-3-2-4-6-12)19-17(21)15-10-13-9-14(20(23)24)7-8-16(13)25-18(15)22/h2-11H,1H3,(H,19,21)/t11-/m0/s1. The first-order valence-corrected chi connectivity index (χ1v) is 7.54. The van der Waals surface area contributed by atoms with Crippen molar-refractivity contribution in [2.45, 2.75) is 13.0 Å². The number of hydrogen-bond acceptors (Lipinski definition) is 5. The Morgan fingerprint density at radius 3 is 2.56 bits per heavy atom. The van der Waals surface area contributed by atoms with Gasteiger partial charge in [-0.05, 0) is 24.6 Å². The molecule has 0 unspecified atom stereocenters. The molecule has 0 aliphatic heterocycles. The second-order valence-corrected chi connectivity index (χ2v) is 5.53. The molecule has 0 fully saturated rings. The van der Waals surface area contributed by atoms with E-state index < -0.39 is 16.5 Å². The maximum atomic E-state index is 12.4. The van der Waals surface area contributed by atoms with E-state index in [0.717, 1.165) is 5.56 Å². The summed E-state index contributed by atoms with van der Waals surface area (Å²) in [4.78, 5) is 34.8. The van der Waals surface area contributed by atoms with Gasteiger partial charge in [0.2, 0.25) is 0 Å². The number of nitro benzene ring substituents is 1. The van der Waals surface area contributed by atoms with E-state index in [9.17, 15) is 19.7 Å². The van der Waals surface area contributed by atoms with Gasteiger partial charge in [0.25, 0.3) is 11.6 Å². The number of nitrogens with zero attached hydrogens (tertiary/aromatic N) is 1. The maximum Gasteiger partial charge on any atom is 0.349 e. The molecular weight excluding hydrogens is 324 g/mol. The van der Waals surface area contributed by atoms with E-state index in [4.69, 9.17) is 4.42 Å². The Balaban J connectivity index is 1.94. The van der Waals surface area contributed by atoms with Crippen LogP contribution in [0.2, 0.25) is 0 Å². The van der Waals surface area contributed by atoms with Crippen LogP contribution in [0.1, 0.15) is 28.9 Å². The average Bonchev–Trinajstić information content (AvgIpc) is 2.61. The van der Waals surface area contributed by atoms with E-state index in [1.807, 2.05) is 30.3 Å². The number of fused-ring (bicyclic) bond motifs is 1. The number of nitrogens with one attached hydrogen (secondary N) is 1. The zero-order chi connectivity index (χ0) is 18.0. The van der Waals surface area contributed by atoms with Crippen LogP contribution in [0.3, 0.4) is 0 Å². The third-order valence-electron chi connectivity index (χ3n) is 3.82. The number of benzene rings is 2. The average molecular weight is 338 g/mol. The van der Waals surface area contributed by atoms with Gasteiger partial charge in [0, 0.05) is 17.5 Å². The van der Waals surface area contributed by atoms with Crippen LogP contribution in [-0.4, -0.2) is 10.8 Å². The van der Waals surface area contributed by atoms with E-state index in [2.05, 4.69) is 5.32 Å². The molecule has 3 aromatic rings. The van der Waals surface area contributed by atoms with Gasteiger partial charge in [-0.15, -0.1) is 0 Å². The maximum absolute atomic E-state index is 12.4. The SMILES string of the molecule is C[C@H](NC(=O)c1cc2cc([N+](=O)[O-])ccc2oc1=O)c1ccccc1. The zero-order valence-corrected chi connectivity index (χ0v) is 13.3. The fourth-order valence-corrected chi connectivity index (χ4v) is 2.48. The van der Waals surface area contributed by atoms with Gasteiger partial charge in [-0.1, -0.05) is 30.3 Å². The Morgan fingerprint density at radius 2 is 1.88 bits per heavy atom. The lowest BCUT2D eigenvalue weighted by atomic mass is 10.1. The Hall–Kier alpha value is -3.48. The fourth-order valence-electron chi connectivity index (χ4n) is 2.48. The number of nitro groups is 1. The normalized spacial score (nSPS) is 11.9. The summed E-state index contributed by atoms with van der Waals surface area (Å²) in [6, 6.07) is 14.1. The van der Waals surface area contributed by atoms with Crippen molar-refractivity contribution in [3.05, 3.63) is 86.3 Å². The molecule has 7 nitrogen and oxygen atoms in total. The monoisotopic (exact) mass is 338 g/mol. The van der Waals surface area contributed by atoms with Crippen molar-refractivity contribution >= 4 is 22.6 Å². The van der Waals surface area contributed by atoms with Crippen LogP contribution in [0.15, 0.2) is 63.8 Å². The number of non-ortho nitro benzene ring substituents is 1. The fraction of sp³-hybridized carbons (Fsp3) is 0.111. The highest BCUT2D eigenvalue weighted by Crippen LogP contribution is 2.21. The molecular formula is C18H14N2O5. The predicted octanol–water partition coefficient (Wildman–Crippen LogP) is 3.19. The molecule has 2 aromatic carbocycles. The zero-order valence-electron chi connectivity index (χ0n) is 13.3. The number of hydrogen-bond donors (Lipinski definition) is 1. The number of amides is 1. The van der Waals surface area contributed by atoms with Crippen molar-refractivity contribution in [1.82, 2.24) is 5.32 Å². The summed E-state index contributed by atoms with van der Waals surface area (Å²) in [7, 11) is 0. The van der Waals surface area contributed by atoms with Crippen LogP contribution in [0.4, 0.5) is 5.69 Å². The van der Waals surface area contributed by atoms with Gasteiger partial charge in [-0.3, -0.25) is 14.9 Å². The van der Waals surface area contributed by atoms with Gasteiger partial charge < -0.3 is 9.73 Å². The van der Waals surface area contributed by atoms with Crippen LogP contribution in [0.25, 0.3) is 11.0 Å². The highest BCUT2D eigenvalue weighted by molar-refractivity contribution is 5.97. The first-order valence-electron chi connectivity index (χ1n) is 7.54. The smallest absolute Gasteiger partial charge is 0.349 e. The summed E-state index contributed by atoms with van der Waals surface area (Å²) in [5.74, 6) is -0.599. The van der Waals surface area contributed by atoms with Crippen LogP contribution in [-0.2, 0) is 0 Å². The van der Waals surface area contributed by atoms with Crippen molar-refractivity contribution in [1.29, 1.82) is 0 Å². The van der Waals surface area contributed by atoms with E-state index in [-0.39, 0.29) is 22.9 Å². The van der Waals surface area contributed by atoms with E-state index in [0.29, 0.717) is 5.39 Å². The predicted molar refractivity (Wildman–Crippen MR) is 91.5 cm³/mol. The van der Waals surface area contributed by atoms with Gasteiger partial charge in [-0.25, -0.2) is 4.79 Å². The molecule has 7 heteroatoms. The molecule has 0 radical (unpaired) electrons. The second kappa shape index (κ2) is 6.56. The molecule has 0 saturated heterocycles. The lowest BCUT2D eigenvalue weighted by molar-refractivity contribution is -0.384. The van der Waals surface area contributed by atoms with E-state index in [1.54, 1.807) is 6.92 Å². The molecule has 1 atom stereocenters. The molecule has 0 saturated carbocycles. The molecule has 126 valence electrons. The molecule has 0 aliphatic carbocycles. The summed E-state index contributed by atoms with van der Waals surface area (Å²) in [6.07, 6.45) is 0. The Bertz CT molecular complexity index is 1010. The first kappa shape index (κ1) is 16.4. The van der Waals surface area contributed by atoms with Gasteiger partial charge >= 0.3 is 5.63 Å². The van der Waals surface area contributed by atoms with Crippen molar-refractivity contribution in [2.24, 2.45) is 0 Å². The van der Waals surface area contributed by atoms with Crippen molar-refractivity contribution in [3.8, 4) is 0 Å². The topological polar surface area (TPSA) is 102 Å². The van der Waals surface area contributed by atoms with E-state index >= 15 is 0 Å². The summed E-state index contributed by atoms with van der Waals surface area (Å²) in [5.41, 5.74) is -0.0693. The van der Waals surface area contributed by atoms with Gasteiger partial charge in [0.1, 0.15) is 11.1 Å². The van der Waals surface area contributed by atoms with Crippen LogP contribution in [0, 0.1) is 10.1 Å². The molecule has 0 aliphatic rings. The van der Waals surface area contributed by atoms with Crippen molar-refractivity contribution < 1.29 is 14.1 Å². The largest absolute Gasteiger partial charge is 0.422 e. The Labute approximate surface area is 142 Å². The van der Waals surface area contributed by atoms with Crippen LogP contribution < -0.4 is 10.9 Å². The molecule has 1 heterocycles. The van der Waals surface area contributed by atoms with E-state index in [1.165, 1.54) is 24.3 Å². The summed E-state index contributed by atoms with van der Waals surface area (Å²) in [5, 5.41) is 13.9. The minimum Gasteiger partial charge on any atom is -0.422 e.